The van der Waals surface area contributed by atoms with Crippen molar-refractivity contribution in [2.45, 2.75) is 13.2 Å². The monoisotopic (exact) mass is 333 g/mol. The maximum atomic E-state index is 12.2. The highest BCUT2D eigenvalue weighted by atomic mass is 16.5. The highest BCUT2D eigenvalue weighted by molar-refractivity contribution is 5.92. The van der Waals surface area contributed by atoms with Crippen LogP contribution in [-0.2, 0) is 17.9 Å². The molecule has 1 amide bonds. The summed E-state index contributed by atoms with van der Waals surface area (Å²) in [5, 5.41) is 2.64. The second kappa shape index (κ2) is 7.51. The van der Waals surface area contributed by atoms with Crippen LogP contribution in [0, 0.1) is 0 Å². The molecule has 10 heteroatoms. The smallest absolute Gasteiger partial charge is 0.270 e. The number of nitrogens with zero attached hydrogens (tertiary/aromatic N) is 4. The summed E-state index contributed by atoms with van der Waals surface area (Å²) in [4.78, 5) is 40.1. The van der Waals surface area contributed by atoms with E-state index in [1.54, 1.807) is 19.0 Å². The van der Waals surface area contributed by atoms with Gasteiger partial charge in [0.05, 0.1) is 0 Å². The number of hydrogen-bond acceptors (Lipinski definition) is 8. The van der Waals surface area contributed by atoms with Crippen LogP contribution < -0.4 is 21.5 Å². The molecule has 0 fully saturated rings. The van der Waals surface area contributed by atoms with Crippen molar-refractivity contribution < 1.29 is 9.53 Å². The Labute approximate surface area is 138 Å². The first kappa shape index (κ1) is 17.3. The van der Waals surface area contributed by atoms with Crippen molar-refractivity contribution in [1.82, 2.24) is 25.3 Å². The lowest BCUT2D eigenvalue weighted by molar-refractivity contribution is 0.0945. The zero-order chi connectivity index (χ0) is 17.7. The number of rotatable bonds is 6. The van der Waals surface area contributed by atoms with Crippen LogP contribution in [0.4, 0.5) is 11.8 Å². The number of methoxy groups -OCH3 is 1. The van der Waals surface area contributed by atoms with Crippen molar-refractivity contribution >= 4 is 17.7 Å². The summed E-state index contributed by atoms with van der Waals surface area (Å²) in [6, 6.07) is 1.13. The molecule has 2 aromatic rings. The first-order valence-corrected chi connectivity index (χ1v) is 7.06. The molecule has 0 spiro atoms. The normalized spacial score (nSPS) is 10.5. The van der Waals surface area contributed by atoms with E-state index < -0.39 is 11.5 Å². The summed E-state index contributed by atoms with van der Waals surface area (Å²) in [6.07, 6.45) is 1.52. The SMILES string of the molecule is COCc1ncc(CNC(=O)c2cc(=O)[nH]c(N(C)C)n2)c(N)n1. The van der Waals surface area contributed by atoms with Crippen LogP contribution in [0.15, 0.2) is 17.1 Å². The fraction of sp³-hybridized carbons (Fsp3) is 0.357. The standard InChI is InChI=1S/C14H19N7O3/c1-21(2)14-18-9(4-11(22)20-14)13(23)17-6-8-5-16-10(7-24-3)19-12(8)15/h4-5H,6-7H2,1-3H3,(H,17,23)(H2,15,16,19)(H,18,20,22). The number of carbonyl (C=O) groups excluding carboxylic acids is 1. The Hall–Kier alpha value is -3.01. The minimum absolute atomic E-state index is 0.0120. The second-order valence-electron chi connectivity index (χ2n) is 5.16. The van der Waals surface area contributed by atoms with Gasteiger partial charge in [-0.15, -0.1) is 0 Å². The second-order valence-corrected chi connectivity index (χ2v) is 5.16. The van der Waals surface area contributed by atoms with Crippen molar-refractivity contribution in [2.24, 2.45) is 0 Å². The average molecular weight is 333 g/mol. The number of nitrogens with two attached hydrogens (primary N) is 1. The number of hydrogen-bond donors (Lipinski definition) is 3. The number of anilines is 2. The van der Waals surface area contributed by atoms with E-state index in [1.807, 2.05) is 0 Å². The van der Waals surface area contributed by atoms with Gasteiger partial charge in [0, 0.05) is 45.6 Å². The van der Waals surface area contributed by atoms with Crippen molar-refractivity contribution in [1.29, 1.82) is 0 Å². The van der Waals surface area contributed by atoms with Gasteiger partial charge in [-0.25, -0.2) is 15.0 Å². The minimum Gasteiger partial charge on any atom is -0.383 e. The summed E-state index contributed by atoms with van der Waals surface area (Å²) in [5.74, 6) is 0.506. The van der Waals surface area contributed by atoms with Crippen molar-refractivity contribution in [2.75, 3.05) is 31.8 Å². The van der Waals surface area contributed by atoms with Crippen LogP contribution in [0.1, 0.15) is 21.9 Å². The zero-order valence-electron chi connectivity index (χ0n) is 13.7. The minimum atomic E-state index is -0.496. The van der Waals surface area contributed by atoms with Crippen molar-refractivity contribution in [3.63, 3.8) is 0 Å². The van der Waals surface area contributed by atoms with Gasteiger partial charge in [-0.2, -0.15) is 0 Å². The van der Waals surface area contributed by atoms with Crippen molar-refractivity contribution in [3.05, 3.63) is 39.7 Å². The molecule has 0 aliphatic heterocycles. The predicted octanol–water partition coefficient (Wildman–Crippen LogP) is -0.715. The summed E-state index contributed by atoms with van der Waals surface area (Å²) in [7, 11) is 4.95. The number of amides is 1. The Bertz CT molecular complexity index is 788. The Morgan fingerprint density at radius 1 is 1.42 bits per heavy atom. The highest BCUT2D eigenvalue weighted by Crippen LogP contribution is 2.08. The highest BCUT2D eigenvalue weighted by Gasteiger charge is 2.12. The van der Waals surface area contributed by atoms with E-state index in [9.17, 15) is 9.59 Å². The number of H-pyrrole nitrogens is 1. The number of aromatic nitrogens is 4. The molecule has 0 bridgehead atoms. The molecule has 0 atom stereocenters. The van der Waals surface area contributed by atoms with Gasteiger partial charge < -0.3 is 20.7 Å². The first-order valence-electron chi connectivity index (χ1n) is 7.06. The number of carbonyl (C=O) groups is 1. The number of ether oxygens (including phenoxy) is 1. The molecule has 2 aromatic heterocycles. The van der Waals surface area contributed by atoms with E-state index in [0.29, 0.717) is 17.3 Å². The molecule has 128 valence electrons. The molecule has 10 nitrogen and oxygen atoms in total. The van der Waals surface area contributed by atoms with E-state index in [1.165, 1.54) is 13.3 Å². The third kappa shape index (κ3) is 4.26. The van der Waals surface area contributed by atoms with Crippen LogP contribution in [0.5, 0.6) is 0 Å². The van der Waals surface area contributed by atoms with Gasteiger partial charge in [0.15, 0.2) is 5.82 Å². The molecular formula is C14H19N7O3. The van der Waals surface area contributed by atoms with Crippen LogP contribution in [-0.4, -0.2) is 47.0 Å². The van der Waals surface area contributed by atoms with E-state index in [2.05, 4.69) is 25.3 Å². The van der Waals surface area contributed by atoms with E-state index in [4.69, 9.17) is 10.5 Å². The summed E-state index contributed by atoms with van der Waals surface area (Å²) in [6.45, 7) is 0.366. The molecule has 0 saturated heterocycles. The van der Waals surface area contributed by atoms with Gasteiger partial charge >= 0.3 is 0 Å². The number of nitrogens with one attached hydrogen (secondary N) is 2. The third-order valence-corrected chi connectivity index (χ3v) is 3.05. The molecule has 0 saturated carbocycles. The van der Waals surface area contributed by atoms with Gasteiger partial charge in [-0.3, -0.25) is 14.6 Å². The van der Waals surface area contributed by atoms with Crippen LogP contribution in [0.25, 0.3) is 0 Å². The molecule has 2 heterocycles. The predicted molar refractivity (Wildman–Crippen MR) is 87.5 cm³/mol. The van der Waals surface area contributed by atoms with Crippen LogP contribution in [0.3, 0.4) is 0 Å². The molecule has 4 N–H and O–H groups in total. The molecule has 0 aliphatic carbocycles. The van der Waals surface area contributed by atoms with Crippen LogP contribution >= 0.6 is 0 Å². The molecule has 24 heavy (non-hydrogen) atoms. The number of nitrogen functional groups attached to an aromatic ring is 1. The molecule has 0 radical (unpaired) electrons. The van der Waals surface area contributed by atoms with Gasteiger partial charge in [0.1, 0.15) is 18.1 Å². The van der Waals surface area contributed by atoms with E-state index in [-0.39, 0.29) is 24.7 Å². The summed E-state index contributed by atoms with van der Waals surface area (Å²) in [5.41, 5.74) is 5.99. The Balaban J connectivity index is 2.09. The van der Waals surface area contributed by atoms with E-state index >= 15 is 0 Å². The van der Waals surface area contributed by atoms with Crippen LogP contribution in [0.2, 0.25) is 0 Å². The topological polar surface area (TPSA) is 139 Å². The lowest BCUT2D eigenvalue weighted by Crippen LogP contribution is -2.28. The van der Waals surface area contributed by atoms with Gasteiger partial charge in [0.2, 0.25) is 5.95 Å². The Morgan fingerprint density at radius 2 is 2.17 bits per heavy atom. The van der Waals surface area contributed by atoms with E-state index in [0.717, 1.165) is 6.07 Å². The number of aromatic amines is 1. The maximum absolute atomic E-state index is 12.2. The zero-order valence-corrected chi connectivity index (χ0v) is 13.7. The third-order valence-electron chi connectivity index (χ3n) is 3.05. The van der Waals surface area contributed by atoms with Crippen molar-refractivity contribution in [3.8, 4) is 0 Å². The fourth-order valence-corrected chi connectivity index (χ4v) is 1.83. The van der Waals surface area contributed by atoms with Gasteiger partial charge in [0.25, 0.3) is 11.5 Å². The molecule has 2 rings (SSSR count). The average Bonchev–Trinajstić information content (AvgIpc) is 2.53. The first-order chi connectivity index (χ1) is 11.4. The molecule has 0 aliphatic rings. The Kier molecular flexibility index (Phi) is 5.42. The molecule has 0 unspecified atom stereocenters. The lowest BCUT2D eigenvalue weighted by Gasteiger charge is -2.12. The quantitative estimate of drug-likeness (QED) is 0.629. The maximum Gasteiger partial charge on any atom is 0.270 e. The Morgan fingerprint density at radius 3 is 2.79 bits per heavy atom. The summed E-state index contributed by atoms with van der Waals surface area (Å²) < 4.78 is 4.93. The van der Waals surface area contributed by atoms with Gasteiger partial charge in [-0.05, 0) is 0 Å². The fourth-order valence-electron chi connectivity index (χ4n) is 1.83. The summed E-state index contributed by atoms with van der Waals surface area (Å²) >= 11 is 0. The molecular weight excluding hydrogens is 314 g/mol. The largest absolute Gasteiger partial charge is 0.383 e. The molecule has 0 aromatic carbocycles. The lowest BCUT2D eigenvalue weighted by atomic mass is 10.3. The van der Waals surface area contributed by atoms with Gasteiger partial charge in [-0.1, -0.05) is 0 Å².